The first-order chi connectivity index (χ1) is 11.0. The molecule has 0 aliphatic carbocycles. The molecule has 0 aliphatic rings. The van der Waals surface area contributed by atoms with E-state index >= 15 is 0 Å². The first-order valence-corrected chi connectivity index (χ1v) is 6.43. The van der Waals surface area contributed by atoms with E-state index in [-0.39, 0.29) is 6.61 Å². The molecular weight excluding hydrogens is 349 g/mol. The van der Waals surface area contributed by atoms with E-state index < -0.39 is 52.3 Å². The molecule has 0 bridgehead atoms. The highest BCUT2D eigenvalue weighted by molar-refractivity contribution is 6.42. The molecule has 4 nitrogen and oxygen atoms in total. The first-order valence-electron chi connectivity index (χ1n) is 6.43. The maximum absolute atomic E-state index is 13.6. The van der Waals surface area contributed by atoms with E-state index in [2.05, 4.69) is 9.99 Å². The molecule has 0 radical (unpaired) electrons. The van der Waals surface area contributed by atoms with Crippen LogP contribution in [0.15, 0.2) is 5.16 Å². The molecule has 0 unspecified atom stereocenters. The van der Waals surface area contributed by atoms with Crippen LogP contribution in [0.1, 0.15) is 25.8 Å². The summed E-state index contributed by atoms with van der Waals surface area (Å²) in [4.78, 5) is 16.2. The van der Waals surface area contributed by atoms with E-state index in [0.717, 1.165) is 6.92 Å². The second kappa shape index (κ2) is 7.49. The van der Waals surface area contributed by atoms with Gasteiger partial charge < -0.3 is 10.2 Å². The quantitative estimate of drug-likeness (QED) is 0.284. The number of hydrogen-bond acceptors (Lipinski definition) is 3. The first kappa shape index (κ1) is 19.7. The fourth-order valence-corrected chi connectivity index (χ4v) is 1.47. The molecule has 1 aromatic rings. The Morgan fingerprint density at radius 3 is 2.00 bits per heavy atom. The maximum atomic E-state index is 13.6. The van der Waals surface area contributed by atoms with E-state index in [9.17, 15) is 35.5 Å². The van der Waals surface area contributed by atoms with Crippen molar-refractivity contribution in [2.24, 2.45) is 5.16 Å². The molecule has 0 heterocycles. The minimum absolute atomic E-state index is 0.122. The highest BCUT2D eigenvalue weighted by Gasteiger charge is 2.42. The summed E-state index contributed by atoms with van der Waals surface area (Å²) in [5, 5.41) is 4.68. The smallest absolute Gasteiger partial charge is 0.395 e. The molecule has 134 valence electrons. The third-order valence-electron chi connectivity index (χ3n) is 2.61. The SMILES string of the molecule is CCCO/N=C(\C)C(=O)Nc1c(F)c(F)c(C(F)(F)F)c(F)c1F. The van der Waals surface area contributed by atoms with E-state index in [4.69, 9.17) is 0 Å². The average molecular weight is 360 g/mol. The summed E-state index contributed by atoms with van der Waals surface area (Å²) in [5.74, 6) is -11.4. The number of nitrogens with one attached hydrogen (secondary N) is 1. The van der Waals surface area contributed by atoms with Crippen LogP contribution in [0.4, 0.5) is 36.4 Å². The minimum atomic E-state index is -5.66. The Morgan fingerprint density at radius 2 is 1.58 bits per heavy atom. The zero-order chi connectivity index (χ0) is 18.7. The lowest BCUT2D eigenvalue weighted by molar-refractivity contribution is -0.143. The summed E-state index contributed by atoms with van der Waals surface area (Å²) >= 11 is 0. The monoisotopic (exact) mass is 360 g/mol. The number of oxime groups is 1. The van der Waals surface area contributed by atoms with Crippen LogP contribution in [-0.4, -0.2) is 18.2 Å². The lowest BCUT2D eigenvalue weighted by Crippen LogP contribution is -2.24. The molecule has 1 rings (SSSR count). The Morgan fingerprint density at radius 1 is 1.08 bits per heavy atom. The van der Waals surface area contributed by atoms with Crippen molar-refractivity contribution in [2.75, 3.05) is 11.9 Å². The minimum Gasteiger partial charge on any atom is -0.395 e. The molecule has 0 aromatic heterocycles. The fraction of sp³-hybridized carbons (Fsp3) is 0.385. The van der Waals surface area contributed by atoms with Crippen LogP contribution in [0.25, 0.3) is 0 Å². The van der Waals surface area contributed by atoms with Crippen LogP contribution >= 0.6 is 0 Å². The molecule has 1 N–H and O–H groups in total. The standard InChI is InChI=1S/C13H11F7N2O2/c1-3-4-24-22-5(2)12(23)21-11-9(16)7(14)6(13(18,19)20)8(15)10(11)17/h3-4H2,1-2H3,(H,21,23)/b22-5+. The van der Waals surface area contributed by atoms with Gasteiger partial charge in [-0.2, -0.15) is 13.2 Å². The van der Waals surface area contributed by atoms with E-state index in [0.29, 0.717) is 6.42 Å². The number of carbonyl (C=O) groups excluding carboxylic acids is 1. The van der Waals surface area contributed by atoms with Gasteiger partial charge in [-0.25, -0.2) is 17.6 Å². The molecule has 11 heteroatoms. The number of anilines is 1. The molecular formula is C13H11F7N2O2. The molecule has 0 saturated heterocycles. The molecule has 0 fully saturated rings. The van der Waals surface area contributed by atoms with Crippen LogP contribution in [0.5, 0.6) is 0 Å². The lowest BCUT2D eigenvalue weighted by Gasteiger charge is -2.14. The molecule has 1 aromatic carbocycles. The van der Waals surface area contributed by atoms with Crippen LogP contribution in [0.3, 0.4) is 0 Å². The van der Waals surface area contributed by atoms with Crippen molar-refractivity contribution in [3.8, 4) is 0 Å². The van der Waals surface area contributed by atoms with E-state index in [1.54, 1.807) is 6.92 Å². The fourth-order valence-electron chi connectivity index (χ4n) is 1.47. The average Bonchev–Trinajstić information content (AvgIpc) is 2.48. The van der Waals surface area contributed by atoms with Crippen molar-refractivity contribution >= 4 is 17.3 Å². The van der Waals surface area contributed by atoms with E-state index in [1.165, 1.54) is 5.32 Å². The maximum Gasteiger partial charge on any atom is 0.422 e. The molecule has 24 heavy (non-hydrogen) atoms. The highest BCUT2D eigenvalue weighted by Crippen LogP contribution is 2.38. The number of amides is 1. The summed E-state index contributed by atoms with van der Waals surface area (Å²) in [7, 11) is 0. The van der Waals surface area contributed by atoms with Crippen molar-refractivity contribution in [1.29, 1.82) is 0 Å². The predicted molar refractivity (Wildman–Crippen MR) is 69.3 cm³/mol. The van der Waals surface area contributed by atoms with Gasteiger partial charge in [0, 0.05) is 0 Å². The van der Waals surface area contributed by atoms with Gasteiger partial charge in [-0.1, -0.05) is 12.1 Å². The number of benzene rings is 1. The van der Waals surface area contributed by atoms with Gasteiger partial charge in [0.25, 0.3) is 5.91 Å². The Bertz CT molecular complexity index is 642. The van der Waals surface area contributed by atoms with Gasteiger partial charge in [-0.15, -0.1) is 0 Å². The van der Waals surface area contributed by atoms with Gasteiger partial charge in [-0.3, -0.25) is 4.79 Å². The third kappa shape index (κ3) is 4.15. The topological polar surface area (TPSA) is 50.7 Å². The van der Waals surface area contributed by atoms with Gasteiger partial charge in [0.1, 0.15) is 23.6 Å². The summed E-state index contributed by atoms with van der Waals surface area (Å²) in [6.45, 7) is 2.90. The summed E-state index contributed by atoms with van der Waals surface area (Å²) in [6.07, 6.45) is -5.12. The van der Waals surface area contributed by atoms with Crippen molar-refractivity contribution in [3.05, 3.63) is 28.8 Å². The van der Waals surface area contributed by atoms with Crippen molar-refractivity contribution in [2.45, 2.75) is 26.4 Å². The number of rotatable bonds is 5. The molecule has 0 spiro atoms. The molecule has 0 atom stereocenters. The number of alkyl halides is 3. The van der Waals surface area contributed by atoms with Gasteiger partial charge >= 0.3 is 6.18 Å². The zero-order valence-corrected chi connectivity index (χ0v) is 12.3. The summed E-state index contributed by atoms with van der Waals surface area (Å²) < 4.78 is 91.3. The highest BCUT2D eigenvalue weighted by atomic mass is 19.4. The second-order valence-electron chi connectivity index (χ2n) is 4.47. The van der Waals surface area contributed by atoms with Crippen molar-refractivity contribution in [3.63, 3.8) is 0 Å². The number of carbonyl (C=O) groups is 1. The second-order valence-corrected chi connectivity index (χ2v) is 4.47. The lowest BCUT2D eigenvalue weighted by atomic mass is 10.1. The number of nitrogens with zero attached hydrogens (tertiary/aromatic N) is 1. The molecule has 1 amide bonds. The van der Waals surface area contributed by atoms with Crippen molar-refractivity contribution in [1.82, 2.24) is 0 Å². The number of halogens is 7. The normalized spacial score (nSPS) is 12.3. The van der Waals surface area contributed by atoms with Crippen LogP contribution < -0.4 is 5.32 Å². The van der Waals surface area contributed by atoms with Crippen molar-refractivity contribution < 1.29 is 40.4 Å². The zero-order valence-electron chi connectivity index (χ0n) is 12.3. The van der Waals surface area contributed by atoms with E-state index in [1.807, 2.05) is 0 Å². The largest absolute Gasteiger partial charge is 0.422 e. The van der Waals surface area contributed by atoms with Crippen LogP contribution in [0.2, 0.25) is 0 Å². The summed E-state index contributed by atoms with van der Waals surface area (Å²) in [6, 6.07) is 0. The Kier molecular flexibility index (Phi) is 6.16. The van der Waals surface area contributed by atoms with Crippen LogP contribution in [0, 0.1) is 23.3 Å². The third-order valence-corrected chi connectivity index (χ3v) is 2.61. The van der Waals surface area contributed by atoms with Gasteiger partial charge in [0.05, 0.1) is 0 Å². The number of hydrogen-bond donors (Lipinski definition) is 1. The van der Waals surface area contributed by atoms with Gasteiger partial charge in [-0.05, 0) is 13.3 Å². The molecule has 0 saturated carbocycles. The van der Waals surface area contributed by atoms with Gasteiger partial charge in [0.2, 0.25) is 0 Å². The Balaban J connectivity index is 3.23. The van der Waals surface area contributed by atoms with Crippen LogP contribution in [-0.2, 0) is 15.8 Å². The Labute approximate surface area is 131 Å². The molecule has 0 aliphatic heterocycles. The summed E-state index contributed by atoms with van der Waals surface area (Å²) in [5.41, 5.74) is -4.90. The predicted octanol–water partition coefficient (Wildman–Crippen LogP) is 4.00. The Hall–Kier alpha value is -2.33. The van der Waals surface area contributed by atoms with Gasteiger partial charge in [0.15, 0.2) is 23.3 Å².